The van der Waals surface area contributed by atoms with Gasteiger partial charge in [0.1, 0.15) is 11.6 Å². The SMILES string of the molecule is CCC(NC(C)CCc1ccco1)c1cccc(F)c1. The highest BCUT2D eigenvalue weighted by molar-refractivity contribution is 5.20. The molecule has 0 saturated heterocycles. The van der Waals surface area contributed by atoms with Gasteiger partial charge in [0.05, 0.1) is 6.26 Å². The summed E-state index contributed by atoms with van der Waals surface area (Å²) in [5.74, 6) is 0.837. The number of rotatable bonds is 7. The Morgan fingerprint density at radius 3 is 2.75 bits per heavy atom. The highest BCUT2D eigenvalue weighted by Gasteiger charge is 2.13. The highest BCUT2D eigenvalue weighted by atomic mass is 19.1. The van der Waals surface area contributed by atoms with Crippen LogP contribution < -0.4 is 5.32 Å². The number of hydrogen-bond acceptors (Lipinski definition) is 2. The van der Waals surface area contributed by atoms with Gasteiger partial charge in [0.2, 0.25) is 0 Å². The summed E-state index contributed by atoms with van der Waals surface area (Å²) in [5.41, 5.74) is 1.01. The van der Waals surface area contributed by atoms with E-state index >= 15 is 0 Å². The summed E-state index contributed by atoms with van der Waals surface area (Å²) in [6, 6.07) is 11.3. The molecule has 0 spiro atoms. The maximum Gasteiger partial charge on any atom is 0.123 e. The molecule has 1 N–H and O–H groups in total. The standard InChI is InChI=1S/C17H22FNO/c1-3-17(14-6-4-7-15(18)12-14)19-13(2)9-10-16-8-5-11-20-16/h4-8,11-13,17,19H,3,9-10H2,1-2H3. The zero-order chi connectivity index (χ0) is 14.4. The van der Waals surface area contributed by atoms with E-state index in [4.69, 9.17) is 4.42 Å². The van der Waals surface area contributed by atoms with Crippen molar-refractivity contribution < 1.29 is 8.81 Å². The zero-order valence-corrected chi connectivity index (χ0v) is 12.1. The summed E-state index contributed by atoms with van der Waals surface area (Å²) in [6.45, 7) is 4.27. The number of hydrogen-bond donors (Lipinski definition) is 1. The first-order valence-corrected chi connectivity index (χ1v) is 7.23. The van der Waals surface area contributed by atoms with Crippen LogP contribution in [0.1, 0.15) is 44.1 Å². The van der Waals surface area contributed by atoms with Crippen molar-refractivity contribution in [2.75, 3.05) is 0 Å². The Morgan fingerprint density at radius 1 is 1.25 bits per heavy atom. The van der Waals surface area contributed by atoms with Gasteiger partial charge in [0, 0.05) is 18.5 Å². The van der Waals surface area contributed by atoms with Crippen LogP contribution in [-0.2, 0) is 6.42 Å². The number of aryl methyl sites for hydroxylation is 1. The maximum atomic E-state index is 13.3. The average molecular weight is 275 g/mol. The Kier molecular flexibility index (Phi) is 5.36. The number of nitrogens with one attached hydrogen (secondary N) is 1. The van der Waals surface area contributed by atoms with E-state index in [2.05, 4.69) is 19.2 Å². The Balaban J connectivity index is 1.89. The smallest absolute Gasteiger partial charge is 0.123 e. The summed E-state index contributed by atoms with van der Waals surface area (Å²) in [5, 5.41) is 3.56. The molecular weight excluding hydrogens is 253 g/mol. The van der Waals surface area contributed by atoms with Crippen molar-refractivity contribution in [3.8, 4) is 0 Å². The first kappa shape index (κ1) is 14.8. The van der Waals surface area contributed by atoms with Crippen molar-refractivity contribution in [2.45, 2.75) is 45.2 Å². The van der Waals surface area contributed by atoms with Crippen molar-refractivity contribution >= 4 is 0 Å². The molecule has 1 aromatic heterocycles. The lowest BCUT2D eigenvalue weighted by atomic mass is 10.0. The van der Waals surface area contributed by atoms with Gasteiger partial charge in [0.25, 0.3) is 0 Å². The Bertz CT molecular complexity index is 509. The summed E-state index contributed by atoms with van der Waals surface area (Å²) >= 11 is 0. The fraction of sp³-hybridized carbons (Fsp3) is 0.412. The molecule has 0 bridgehead atoms. The van der Waals surface area contributed by atoms with Gasteiger partial charge < -0.3 is 9.73 Å². The summed E-state index contributed by atoms with van der Waals surface area (Å²) in [7, 11) is 0. The lowest BCUT2D eigenvalue weighted by Gasteiger charge is -2.22. The van der Waals surface area contributed by atoms with Crippen molar-refractivity contribution in [3.63, 3.8) is 0 Å². The van der Waals surface area contributed by atoms with E-state index in [-0.39, 0.29) is 11.9 Å². The number of halogens is 1. The molecule has 2 aromatic rings. The second kappa shape index (κ2) is 7.25. The molecule has 0 aliphatic rings. The van der Waals surface area contributed by atoms with Crippen LogP contribution in [0.5, 0.6) is 0 Å². The quantitative estimate of drug-likeness (QED) is 0.806. The van der Waals surface area contributed by atoms with Crippen molar-refractivity contribution in [1.82, 2.24) is 5.32 Å². The molecule has 2 unspecified atom stereocenters. The van der Waals surface area contributed by atoms with E-state index in [0.717, 1.165) is 30.6 Å². The van der Waals surface area contributed by atoms with Crippen molar-refractivity contribution in [1.29, 1.82) is 0 Å². The number of furan rings is 1. The monoisotopic (exact) mass is 275 g/mol. The van der Waals surface area contributed by atoms with Gasteiger partial charge in [-0.3, -0.25) is 0 Å². The van der Waals surface area contributed by atoms with Crippen LogP contribution in [0, 0.1) is 5.82 Å². The minimum atomic E-state index is -0.175. The maximum absolute atomic E-state index is 13.3. The topological polar surface area (TPSA) is 25.2 Å². The molecule has 1 heterocycles. The fourth-order valence-corrected chi connectivity index (χ4v) is 2.41. The Labute approximate surface area is 120 Å². The van der Waals surface area contributed by atoms with E-state index in [1.54, 1.807) is 18.4 Å². The lowest BCUT2D eigenvalue weighted by Crippen LogP contribution is -2.30. The zero-order valence-electron chi connectivity index (χ0n) is 12.1. The van der Waals surface area contributed by atoms with Crippen LogP contribution in [0.2, 0.25) is 0 Å². The molecule has 0 saturated carbocycles. The molecule has 3 heteroatoms. The molecule has 0 radical (unpaired) electrons. The van der Waals surface area contributed by atoms with Crippen LogP contribution in [0.15, 0.2) is 47.1 Å². The second-order valence-electron chi connectivity index (χ2n) is 5.20. The molecule has 0 amide bonds. The second-order valence-corrected chi connectivity index (χ2v) is 5.20. The predicted molar refractivity (Wildman–Crippen MR) is 79.1 cm³/mol. The third-order valence-electron chi connectivity index (χ3n) is 3.55. The first-order chi connectivity index (χ1) is 9.69. The van der Waals surface area contributed by atoms with Crippen LogP contribution in [0.25, 0.3) is 0 Å². The number of benzene rings is 1. The van der Waals surface area contributed by atoms with Crippen LogP contribution >= 0.6 is 0 Å². The van der Waals surface area contributed by atoms with Gasteiger partial charge in [-0.1, -0.05) is 19.1 Å². The third-order valence-corrected chi connectivity index (χ3v) is 3.55. The average Bonchev–Trinajstić information content (AvgIpc) is 2.96. The molecule has 2 atom stereocenters. The van der Waals surface area contributed by atoms with Crippen LogP contribution in [-0.4, -0.2) is 6.04 Å². The van der Waals surface area contributed by atoms with E-state index < -0.39 is 0 Å². The van der Waals surface area contributed by atoms with Crippen LogP contribution in [0.4, 0.5) is 4.39 Å². The first-order valence-electron chi connectivity index (χ1n) is 7.23. The molecule has 108 valence electrons. The Morgan fingerprint density at radius 2 is 2.10 bits per heavy atom. The van der Waals surface area contributed by atoms with Gasteiger partial charge in [0.15, 0.2) is 0 Å². The molecule has 0 aliphatic carbocycles. The molecule has 20 heavy (non-hydrogen) atoms. The molecule has 0 aliphatic heterocycles. The molecule has 2 nitrogen and oxygen atoms in total. The highest BCUT2D eigenvalue weighted by Crippen LogP contribution is 2.19. The van der Waals surface area contributed by atoms with E-state index in [9.17, 15) is 4.39 Å². The van der Waals surface area contributed by atoms with Gasteiger partial charge in [-0.25, -0.2) is 4.39 Å². The minimum Gasteiger partial charge on any atom is -0.469 e. The van der Waals surface area contributed by atoms with Crippen LogP contribution in [0.3, 0.4) is 0 Å². The van der Waals surface area contributed by atoms with Gasteiger partial charge in [-0.05, 0) is 49.6 Å². The minimum absolute atomic E-state index is 0.175. The lowest BCUT2D eigenvalue weighted by molar-refractivity contribution is 0.410. The van der Waals surface area contributed by atoms with Crippen molar-refractivity contribution in [3.05, 3.63) is 59.8 Å². The normalized spacial score (nSPS) is 14.2. The van der Waals surface area contributed by atoms with Crippen molar-refractivity contribution in [2.24, 2.45) is 0 Å². The Hall–Kier alpha value is -1.61. The molecule has 1 aromatic carbocycles. The fourth-order valence-electron chi connectivity index (χ4n) is 2.41. The molecule has 0 fully saturated rings. The summed E-state index contributed by atoms with van der Waals surface area (Å²) < 4.78 is 18.6. The van der Waals surface area contributed by atoms with Gasteiger partial charge >= 0.3 is 0 Å². The van der Waals surface area contributed by atoms with E-state index in [1.807, 2.05) is 18.2 Å². The van der Waals surface area contributed by atoms with Gasteiger partial charge in [-0.2, -0.15) is 0 Å². The summed E-state index contributed by atoms with van der Waals surface area (Å²) in [4.78, 5) is 0. The van der Waals surface area contributed by atoms with E-state index in [0.29, 0.717) is 6.04 Å². The third kappa shape index (κ3) is 4.20. The largest absolute Gasteiger partial charge is 0.469 e. The predicted octanol–water partition coefficient (Wildman–Crippen LogP) is 4.48. The molecule has 2 rings (SSSR count). The van der Waals surface area contributed by atoms with Gasteiger partial charge in [-0.15, -0.1) is 0 Å². The summed E-state index contributed by atoms with van der Waals surface area (Å²) in [6.07, 6.45) is 4.56. The molecular formula is C17H22FNO. The van der Waals surface area contributed by atoms with E-state index in [1.165, 1.54) is 6.07 Å².